The van der Waals surface area contributed by atoms with Crippen LogP contribution in [0, 0.1) is 0 Å². The van der Waals surface area contributed by atoms with Crippen LogP contribution in [0.5, 0.6) is 0 Å². The first-order chi connectivity index (χ1) is 14.5. The Kier molecular flexibility index (Phi) is 7.85. The number of anilines is 1. The normalized spacial score (nSPS) is 14.4. The van der Waals surface area contributed by atoms with Crippen molar-refractivity contribution < 1.29 is 9.59 Å². The molecule has 6 heteroatoms. The summed E-state index contributed by atoms with van der Waals surface area (Å²) in [4.78, 5) is 26.9. The van der Waals surface area contributed by atoms with E-state index >= 15 is 0 Å². The van der Waals surface area contributed by atoms with Crippen LogP contribution in [0.2, 0.25) is 0 Å². The molecule has 6 nitrogen and oxygen atoms in total. The molecule has 2 aromatic rings. The molecule has 30 heavy (non-hydrogen) atoms. The van der Waals surface area contributed by atoms with E-state index in [1.807, 2.05) is 13.8 Å². The molecule has 1 aliphatic heterocycles. The summed E-state index contributed by atoms with van der Waals surface area (Å²) >= 11 is 0. The van der Waals surface area contributed by atoms with Crippen molar-refractivity contribution in [3.63, 3.8) is 0 Å². The van der Waals surface area contributed by atoms with Gasteiger partial charge in [0.05, 0.1) is 0 Å². The van der Waals surface area contributed by atoms with Crippen molar-refractivity contribution in [2.75, 3.05) is 18.4 Å². The summed E-state index contributed by atoms with van der Waals surface area (Å²) in [6, 6.07) is 15.1. The van der Waals surface area contributed by atoms with E-state index < -0.39 is 0 Å². The zero-order valence-corrected chi connectivity index (χ0v) is 17.9. The van der Waals surface area contributed by atoms with Crippen molar-refractivity contribution in [1.29, 1.82) is 0 Å². The topological polar surface area (TPSA) is 73.5 Å². The van der Waals surface area contributed by atoms with E-state index in [0.717, 1.165) is 12.1 Å². The Bertz CT molecular complexity index is 843. The standard InChI is InChI=1S/C24H32N4O2/c1-18(2)26-24(30)27-22-8-6-7-21(15-22)23(29)25-16-19-9-11-20(12-10-19)17-28-13-4-3-5-14-28/h6-12,15,18H,3-5,13-14,16-17H2,1-2H3,(H,25,29)(H2,26,27,30). The summed E-state index contributed by atoms with van der Waals surface area (Å²) in [5, 5.41) is 8.46. The molecule has 3 rings (SSSR count). The van der Waals surface area contributed by atoms with Gasteiger partial charge in [0.2, 0.25) is 0 Å². The lowest BCUT2D eigenvalue weighted by Crippen LogP contribution is -2.34. The third-order valence-corrected chi connectivity index (χ3v) is 5.13. The van der Waals surface area contributed by atoms with Crippen LogP contribution in [-0.4, -0.2) is 36.0 Å². The molecule has 0 bridgehead atoms. The lowest BCUT2D eigenvalue weighted by molar-refractivity contribution is 0.0951. The van der Waals surface area contributed by atoms with E-state index in [2.05, 4.69) is 45.1 Å². The first-order valence-electron chi connectivity index (χ1n) is 10.8. The Morgan fingerprint density at radius 3 is 2.37 bits per heavy atom. The molecule has 1 heterocycles. The van der Waals surface area contributed by atoms with E-state index in [9.17, 15) is 9.59 Å². The number of piperidine rings is 1. The van der Waals surface area contributed by atoms with Gasteiger partial charge in [-0.05, 0) is 69.1 Å². The molecule has 3 N–H and O–H groups in total. The van der Waals surface area contributed by atoms with Crippen LogP contribution >= 0.6 is 0 Å². The minimum absolute atomic E-state index is 0.0442. The Morgan fingerprint density at radius 1 is 0.967 bits per heavy atom. The van der Waals surface area contributed by atoms with E-state index in [-0.39, 0.29) is 18.0 Å². The average Bonchev–Trinajstić information content (AvgIpc) is 2.73. The van der Waals surface area contributed by atoms with E-state index in [1.165, 1.54) is 37.9 Å². The summed E-state index contributed by atoms with van der Waals surface area (Å²) in [5.74, 6) is -0.166. The molecule has 1 saturated heterocycles. The van der Waals surface area contributed by atoms with Gasteiger partial charge in [-0.2, -0.15) is 0 Å². The zero-order valence-electron chi connectivity index (χ0n) is 17.9. The van der Waals surface area contributed by atoms with Crippen LogP contribution in [0.15, 0.2) is 48.5 Å². The Morgan fingerprint density at radius 2 is 1.67 bits per heavy atom. The number of rotatable bonds is 7. The number of nitrogens with zero attached hydrogens (tertiary/aromatic N) is 1. The molecule has 0 unspecified atom stereocenters. The van der Waals surface area contributed by atoms with Gasteiger partial charge in [0.15, 0.2) is 0 Å². The van der Waals surface area contributed by atoms with Crippen molar-refractivity contribution in [2.45, 2.75) is 52.2 Å². The van der Waals surface area contributed by atoms with Gasteiger partial charge in [-0.25, -0.2) is 4.79 Å². The lowest BCUT2D eigenvalue weighted by atomic mass is 10.1. The smallest absolute Gasteiger partial charge is 0.319 e. The molecule has 0 aromatic heterocycles. The Balaban J connectivity index is 1.50. The van der Waals surface area contributed by atoms with Crippen LogP contribution in [0.1, 0.15) is 54.6 Å². The molecule has 0 saturated carbocycles. The summed E-state index contributed by atoms with van der Waals surface area (Å²) in [7, 11) is 0. The Hall–Kier alpha value is -2.86. The molecule has 0 atom stereocenters. The van der Waals surface area contributed by atoms with Gasteiger partial charge in [0, 0.05) is 30.4 Å². The first kappa shape index (κ1) is 21.8. The summed E-state index contributed by atoms with van der Waals surface area (Å²) in [6.07, 6.45) is 3.94. The molecule has 0 radical (unpaired) electrons. The monoisotopic (exact) mass is 408 g/mol. The second-order valence-electron chi connectivity index (χ2n) is 8.17. The van der Waals surface area contributed by atoms with Gasteiger partial charge < -0.3 is 16.0 Å². The number of nitrogens with one attached hydrogen (secondary N) is 3. The predicted octanol–water partition coefficient (Wildman–Crippen LogP) is 4.13. The highest BCUT2D eigenvalue weighted by Gasteiger charge is 2.11. The minimum atomic E-state index is -0.285. The van der Waals surface area contributed by atoms with Crippen molar-refractivity contribution in [3.05, 3.63) is 65.2 Å². The van der Waals surface area contributed by atoms with Crippen LogP contribution in [0.4, 0.5) is 10.5 Å². The third-order valence-electron chi connectivity index (χ3n) is 5.13. The molecule has 0 spiro atoms. The number of likely N-dealkylation sites (tertiary alicyclic amines) is 1. The fraction of sp³-hybridized carbons (Fsp3) is 0.417. The fourth-order valence-corrected chi connectivity index (χ4v) is 3.59. The largest absolute Gasteiger partial charge is 0.348 e. The summed E-state index contributed by atoms with van der Waals surface area (Å²) in [5.41, 5.74) is 3.48. The number of urea groups is 1. The molecule has 1 aliphatic rings. The highest BCUT2D eigenvalue weighted by molar-refractivity contribution is 5.96. The van der Waals surface area contributed by atoms with Crippen LogP contribution < -0.4 is 16.0 Å². The van der Waals surface area contributed by atoms with E-state index in [1.54, 1.807) is 24.3 Å². The molecule has 160 valence electrons. The van der Waals surface area contributed by atoms with Gasteiger partial charge in [-0.15, -0.1) is 0 Å². The fourth-order valence-electron chi connectivity index (χ4n) is 3.59. The number of benzene rings is 2. The molecular weight excluding hydrogens is 376 g/mol. The van der Waals surface area contributed by atoms with Gasteiger partial charge in [-0.3, -0.25) is 9.69 Å². The number of hydrogen-bond acceptors (Lipinski definition) is 3. The van der Waals surface area contributed by atoms with Crippen LogP contribution in [0.25, 0.3) is 0 Å². The molecular formula is C24H32N4O2. The maximum atomic E-state index is 12.5. The van der Waals surface area contributed by atoms with Gasteiger partial charge in [0.25, 0.3) is 5.91 Å². The zero-order chi connectivity index (χ0) is 21.3. The number of amides is 3. The minimum Gasteiger partial charge on any atom is -0.348 e. The number of carbonyl (C=O) groups is 2. The summed E-state index contributed by atoms with van der Waals surface area (Å²) < 4.78 is 0. The first-order valence-corrected chi connectivity index (χ1v) is 10.8. The van der Waals surface area contributed by atoms with Crippen molar-refractivity contribution in [1.82, 2.24) is 15.5 Å². The maximum Gasteiger partial charge on any atom is 0.319 e. The van der Waals surface area contributed by atoms with E-state index in [0.29, 0.717) is 17.8 Å². The van der Waals surface area contributed by atoms with Crippen LogP contribution in [-0.2, 0) is 13.1 Å². The lowest BCUT2D eigenvalue weighted by Gasteiger charge is -2.26. The van der Waals surface area contributed by atoms with Crippen molar-refractivity contribution in [2.24, 2.45) is 0 Å². The quantitative estimate of drug-likeness (QED) is 0.645. The molecule has 0 aliphatic carbocycles. The summed E-state index contributed by atoms with van der Waals surface area (Å²) in [6.45, 7) is 7.62. The molecule has 1 fully saturated rings. The highest BCUT2D eigenvalue weighted by Crippen LogP contribution is 2.14. The second kappa shape index (κ2) is 10.8. The van der Waals surface area contributed by atoms with Gasteiger partial charge in [0.1, 0.15) is 0 Å². The highest BCUT2D eigenvalue weighted by atomic mass is 16.2. The average molecular weight is 409 g/mol. The predicted molar refractivity (Wildman–Crippen MR) is 120 cm³/mol. The van der Waals surface area contributed by atoms with E-state index in [4.69, 9.17) is 0 Å². The third kappa shape index (κ3) is 6.88. The van der Waals surface area contributed by atoms with Gasteiger partial charge >= 0.3 is 6.03 Å². The number of hydrogen-bond donors (Lipinski definition) is 3. The van der Waals surface area contributed by atoms with Crippen LogP contribution in [0.3, 0.4) is 0 Å². The SMILES string of the molecule is CC(C)NC(=O)Nc1cccc(C(=O)NCc2ccc(CN3CCCCC3)cc2)c1. The molecule has 3 amide bonds. The van der Waals surface area contributed by atoms with Crippen molar-refractivity contribution >= 4 is 17.6 Å². The van der Waals surface area contributed by atoms with Crippen molar-refractivity contribution in [3.8, 4) is 0 Å². The Labute approximate surface area is 179 Å². The number of carbonyl (C=O) groups excluding carboxylic acids is 2. The maximum absolute atomic E-state index is 12.5. The molecule has 2 aromatic carbocycles. The van der Waals surface area contributed by atoms with Gasteiger partial charge in [-0.1, -0.05) is 36.8 Å². The second-order valence-corrected chi connectivity index (χ2v) is 8.17.